The van der Waals surface area contributed by atoms with E-state index < -0.39 is 0 Å². The van der Waals surface area contributed by atoms with Gasteiger partial charge < -0.3 is 9.47 Å². The van der Waals surface area contributed by atoms with E-state index in [4.69, 9.17) is 15.3 Å². The molecule has 0 unspecified atom stereocenters. The fraction of sp³-hybridized carbons (Fsp3) is 0.417. The number of hydrogen-bond acceptors (Lipinski definition) is 4. The first-order valence-corrected chi connectivity index (χ1v) is 5.44. The number of amides is 1. The maximum atomic E-state index is 10.8. The molecular weight excluding hydrogens is 220 g/mol. The molecule has 3 N–H and O–H groups in total. The number of carbonyl (C=O) groups excluding carboxylic acids is 1. The molecule has 5 heteroatoms. The predicted octanol–water partition coefficient (Wildman–Crippen LogP) is 0.980. The van der Waals surface area contributed by atoms with Crippen LogP contribution in [0.15, 0.2) is 24.3 Å². The van der Waals surface area contributed by atoms with Crippen molar-refractivity contribution >= 4 is 5.91 Å². The van der Waals surface area contributed by atoms with Crippen LogP contribution in [0.25, 0.3) is 0 Å². The van der Waals surface area contributed by atoms with Gasteiger partial charge in [0.05, 0.1) is 12.7 Å². The SMILES string of the molecule is CC(C)Oc1ccc(COCC(=O)NN)cc1. The van der Waals surface area contributed by atoms with Crippen molar-refractivity contribution in [2.75, 3.05) is 6.61 Å². The third kappa shape index (κ3) is 5.33. The van der Waals surface area contributed by atoms with E-state index in [2.05, 4.69) is 0 Å². The summed E-state index contributed by atoms with van der Waals surface area (Å²) in [5, 5.41) is 0. The molecule has 0 atom stereocenters. The molecule has 0 heterocycles. The molecule has 17 heavy (non-hydrogen) atoms. The summed E-state index contributed by atoms with van der Waals surface area (Å²) in [7, 11) is 0. The second kappa shape index (κ2) is 6.88. The van der Waals surface area contributed by atoms with Crippen LogP contribution in [0.5, 0.6) is 5.75 Å². The number of ether oxygens (including phenoxy) is 2. The molecule has 0 spiro atoms. The van der Waals surface area contributed by atoms with Crippen LogP contribution in [0, 0.1) is 0 Å². The summed E-state index contributed by atoms with van der Waals surface area (Å²) < 4.78 is 10.7. The van der Waals surface area contributed by atoms with Gasteiger partial charge in [0, 0.05) is 0 Å². The number of carbonyl (C=O) groups is 1. The molecule has 1 amide bonds. The highest BCUT2D eigenvalue weighted by Crippen LogP contribution is 2.14. The fourth-order valence-electron chi connectivity index (χ4n) is 1.24. The number of rotatable bonds is 6. The van der Waals surface area contributed by atoms with Crippen molar-refractivity contribution in [2.24, 2.45) is 5.84 Å². The molecule has 0 aliphatic carbocycles. The number of nitrogens with two attached hydrogens (primary N) is 1. The minimum Gasteiger partial charge on any atom is -0.491 e. The van der Waals surface area contributed by atoms with Gasteiger partial charge in [0.25, 0.3) is 5.91 Å². The van der Waals surface area contributed by atoms with Gasteiger partial charge in [0.1, 0.15) is 12.4 Å². The zero-order valence-corrected chi connectivity index (χ0v) is 10.1. The van der Waals surface area contributed by atoms with E-state index in [1.807, 2.05) is 43.5 Å². The van der Waals surface area contributed by atoms with Crippen LogP contribution in [0.3, 0.4) is 0 Å². The highest BCUT2D eigenvalue weighted by Gasteiger charge is 2.00. The molecule has 1 aromatic rings. The lowest BCUT2D eigenvalue weighted by atomic mass is 10.2. The molecule has 0 aromatic heterocycles. The molecule has 0 aliphatic heterocycles. The van der Waals surface area contributed by atoms with Gasteiger partial charge in [-0.3, -0.25) is 10.2 Å². The molecule has 0 saturated carbocycles. The van der Waals surface area contributed by atoms with Crippen molar-refractivity contribution < 1.29 is 14.3 Å². The number of hydrogen-bond donors (Lipinski definition) is 2. The van der Waals surface area contributed by atoms with Crippen LogP contribution >= 0.6 is 0 Å². The van der Waals surface area contributed by atoms with Crippen LogP contribution < -0.4 is 16.0 Å². The van der Waals surface area contributed by atoms with Crippen LogP contribution in [-0.4, -0.2) is 18.6 Å². The Bertz CT molecular complexity index is 349. The minimum atomic E-state index is -0.343. The van der Waals surface area contributed by atoms with Gasteiger partial charge in [0.2, 0.25) is 0 Å². The van der Waals surface area contributed by atoms with Gasteiger partial charge in [-0.1, -0.05) is 12.1 Å². The van der Waals surface area contributed by atoms with Gasteiger partial charge in [-0.15, -0.1) is 0 Å². The molecule has 0 fully saturated rings. The third-order valence-electron chi connectivity index (χ3n) is 1.96. The summed E-state index contributed by atoms with van der Waals surface area (Å²) in [5.74, 6) is 5.40. The Morgan fingerprint density at radius 3 is 2.53 bits per heavy atom. The average Bonchev–Trinajstić information content (AvgIpc) is 2.30. The zero-order valence-electron chi connectivity index (χ0n) is 10.1. The molecule has 1 rings (SSSR count). The van der Waals surface area contributed by atoms with Gasteiger partial charge in [0.15, 0.2) is 0 Å². The third-order valence-corrected chi connectivity index (χ3v) is 1.96. The standard InChI is InChI=1S/C12H18N2O3/c1-9(2)17-11-5-3-10(4-6-11)7-16-8-12(15)14-13/h3-6,9H,7-8,13H2,1-2H3,(H,14,15). The molecule has 0 bridgehead atoms. The first kappa shape index (κ1) is 13.5. The minimum absolute atomic E-state index is 0.0409. The van der Waals surface area contributed by atoms with E-state index in [1.54, 1.807) is 0 Å². The Labute approximate surface area is 101 Å². The van der Waals surface area contributed by atoms with Gasteiger partial charge >= 0.3 is 0 Å². The summed E-state index contributed by atoms with van der Waals surface area (Å²) in [4.78, 5) is 10.8. The largest absolute Gasteiger partial charge is 0.491 e. The van der Waals surface area contributed by atoms with E-state index in [9.17, 15) is 4.79 Å². The Kier molecular flexibility index (Phi) is 5.45. The monoisotopic (exact) mass is 238 g/mol. The van der Waals surface area contributed by atoms with Crippen molar-refractivity contribution in [2.45, 2.75) is 26.6 Å². The van der Waals surface area contributed by atoms with Crippen molar-refractivity contribution in [3.63, 3.8) is 0 Å². The topological polar surface area (TPSA) is 73.6 Å². The maximum Gasteiger partial charge on any atom is 0.259 e. The normalized spacial score (nSPS) is 10.4. The van der Waals surface area contributed by atoms with E-state index in [0.29, 0.717) is 6.61 Å². The van der Waals surface area contributed by atoms with Crippen LogP contribution in [0.4, 0.5) is 0 Å². The molecule has 0 radical (unpaired) electrons. The fourth-order valence-corrected chi connectivity index (χ4v) is 1.24. The van der Waals surface area contributed by atoms with Gasteiger partial charge in [-0.2, -0.15) is 0 Å². The first-order valence-electron chi connectivity index (χ1n) is 5.44. The molecular formula is C12H18N2O3. The number of nitrogens with one attached hydrogen (secondary N) is 1. The van der Waals surface area contributed by atoms with E-state index in [1.165, 1.54) is 0 Å². The summed E-state index contributed by atoms with van der Waals surface area (Å²) in [6.07, 6.45) is 0.158. The van der Waals surface area contributed by atoms with Crippen molar-refractivity contribution in [3.05, 3.63) is 29.8 Å². The number of benzene rings is 1. The number of hydrazine groups is 1. The summed E-state index contributed by atoms with van der Waals surface area (Å²) in [6, 6.07) is 7.56. The highest BCUT2D eigenvalue weighted by atomic mass is 16.5. The van der Waals surface area contributed by atoms with Crippen LogP contribution in [0.2, 0.25) is 0 Å². The van der Waals surface area contributed by atoms with Gasteiger partial charge in [-0.25, -0.2) is 5.84 Å². The lowest BCUT2D eigenvalue weighted by Crippen LogP contribution is -2.33. The lowest BCUT2D eigenvalue weighted by molar-refractivity contribution is -0.126. The predicted molar refractivity (Wildman–Crippen MR) is 64.2 cm³/mol. The Morgan fingerprint density at radius 1 is 1.35 bits per heavy atom. The summed E-state index contributed by atoms with van der Waals surface area (Å²) >= 11 is 0. The van der Waals surface area contributed by atoms with E-state index in [0.717, 1.165) is 11.3 Å². The zero-order chi connectivity index (χ0) is 12.7. The smallest absolute Gasteiger partial charge is 0.259 e. The second-order valence-electron chi connectivity index (χ2n) is 3.87. The lowest BCUT2D eigenvalue weighted by Gasteiger charge is -2.10. The van der Waals surface area contributed by atoms with Crippen molar-refractivity contribution in [1.29, 1.82) is 0 Å². The molecule has 1 aromatic carbocycles. The van der Waals surface area contributed by atoms with Gasteiger partial charge in [-0.05, 0) is 31.5 Å². The Morgan fingerprint density at radius 2 is 2.00 bits per heavy atom. The van der Waals surface area contributed by atoms with E-state index >= 15 is 0 Å². The summed E-state index contributed by atoms with van der Waals surface area (Å²) in [6.45, 7) is 4.28. The summed E-state index contributed by atoms with van der Waals surface area (Å²) in [5.41, 5.74) is 2.98. The molecule has 0 aliphatic rings. The molecule has 94 valence electrons. The maximum absolute atomic E-state index is 10.8. The quantitative estimate of drug-likeness (QED) is 0.440. The second-order valence-corrected chi connectivity index (χ2v) is 3.87. The van der Waals surface area contributed by atoms with E-state index in [-0.39, 0.29) is 18.6 Å². The van der Waals surface area contributed by atoms with Crippen LogP contribution in [0.1, 0.15) is 19.4 Å². The molecule has 0 saturated heterocycles. The highest BCUT2D eigenvalue weighted by molar-refractivity contribution is 5.76. The van der Waals surface area contributed by atoms with Crippen molar-refractivity contribution in [1.82, 2.24) is 5.43 Å². The average molecular weight is 238 g/mol. The van der Waals surface area contributed by atoms with Crippen molar-refractivity contribution in [3.8, 4) is 5.75 Å². The Hall–Kier alpha value is -1.59. The Balaban J connectivity index is 2.37. The van der Waals surface area contributed by atoms with Crippen LogP contribution in [-0.2, 0) is 16.1 Å². The molecule has 5 nitrogen and oxygen atoms in total. The first-order chi connectivity index (χ1) is 8.11.